The summed E-state index contributed by atoms with van der Waals surface area (Å²) in [5.74, 6) is -0.539. The van der Waals surface area contributed by atoms with Gasteiger partial charge in [0.25, 0.3) is 0 Å². The topological polar surface area (TPSA) is 66.9 Å². The Morgan fingerprint density at radius 2 is 1.31 bits per heavy atom. The van der Waals surface area contributed by atoms with Gasteiger partial charge in [-0.05, 0) is 37.5 Å². The number of carbonyl (C=O) groups excluding carboxylic acids is 3. The Labute approximate surface area is 211 Å². The zero-order valence-electron chi connectivity index (χ0n) is 20.8. The van der Waals surface area contributed by atoms with Crippen molar-refractivity contribution in [3.63, 3.8) is 0 Å². The molecule has 3 atom stereocenters. The number of imide groups is 1. The summed E-state index contributed by atoms with van der Waals surface area (Å²) in [6.45, 7) is 5.91. The molecular weight excluding hydrogens is 452 g/mol. The van der Waals surface area contributed by atoms with Gasteiger partial charge in [-0.2, -0.15) is 0 Å². The molecule has 3 aromatic carbocycles. The molecule has 0 aliphatic carbocycles. The third-order valence-electron chi connectivity index (χ3n) is 8.43. The number of hydrogen-bond acceptors (Lipinski definition) is 4. The van der Waals surface area contributed by atoms with Crippen LogP contribution in [-0.2, 0) is 33.0 Å². The predicted octanol–water partition coefficient (Wildman–Crippen LogP) is 5.14. The van der Waals surface area contributed by atoms with Crippen molar-refractivity contribution in [3.8, 4) is 0 Å². The first-order chi connectivity index (χ1) is 17.2. The first-order valence-electron chi connectivity index (χ1n) is 12.2. The molecule has 0 radical (unpaired) electrons. The number of rotatable bonds is 5. The minimum atomic E-state index is -1.20. The first kappa shape index (κ1) is 23.8. The molecule has 0 spiro atoms. The molecule has 3 amide bonds. The van der Waals surface area contributed by atoms with E-state index in [0.29, 0.717) is 0 Å². The van der Waals surface area contributed by atoms with E-state index >= 15 is 0 Å². The van der Waals surface area contributed by atoms with Crippen molar-refractivity contribution in [2.75, 3.05) is 6.54 Å². The fourth-order valence-corrected chi connectivity index (χ4v) is 5.99. The van der Waals surface area contributed by atoms with Crippen LogP contribution in [0.5, 0.6) is 0 Å². The lowest BCUT2D eigenvalue weighted by Gasteiger charge is -2.44. The van der Waals surface area contributed by atoms with Gasteiger partial charge in [-0.3, -0.25) is 19.4 Å². The van der Waals surface area contributed by atoms with Crippen LogP contribution in [0.25, 0.3) is 0 Å². The molecule has 2 aliphatic rings. The van der Waals surface area contributed by atoms with Gasteiger partial charge in [-0.1, -0.05) is 91.0 Å². The van der Waals surface area contributed by atoms with E-state index in [0.717, 1.165) is 16.7 Å². The van der Waals surface area contributed by atoms with Gasteiger partial charge in [0.15, 0.2) is 0 Å². The fourth-order valence-electron chi connectivity index (χ4n) is 5.99. The first-order valence-corrected chi connectivity index (χ1v) is 12.2. The Bertz CT molecular complexity index is 1300. The molecule has 2 aliphatic heterocycles. The Kier molecular flexibility index (Phi) is 5.70. The number of amides is 3. The molecule has 6 heteroatoms. The second-order valence-electron chi connectivity index (χ2n) is 10.2. The van der Waals surface area contributed by atoms with Crippen LogP contribution in [0, 0.1) is 10.8 Å². The van der Waals surface area contributed by atoms with Gasteiger partial charge in [0.2, 0.25) is 11.8 Å². The Balaban J connectivity index is 1.55. The molecule has 2 saturated heterocycles. The summed E-state index contributed by atoms with van der Waals surface area (Å²) in [7, 11) is 0. The maximum Gasteiger partial charge on any atom is 0.410 e. The van der Waals surface area contributed by atoms with Crippen molar-refractivity contribution in [1.29, 1.82) is 0 Å². The lowest BCUT2D eigenvalue weighted by Crippen LogP contribution is -2.55. The molecule has 2 heterocycles. The highest BCUT2D eigenvalue weighted by Crippen LogP contribution is 2.65. The maximum atomic E-state index is 14.2. The molecule has 3 aromatic rings. The monoisotopic (exact) mass is 482 g/mol. The van der Waals surface area contributed by atoms with E-state index in [1.54, 1.807) is 4.90 Å². The zero-order chi connectivity index (χ0) is 25.6. The molecule has 0 N–H and O–H groups in total. The van der Waals surface area contributed by atoms with Crippen LogP contribution in [0.3, 0.4) is 0 Å². The number of hydrogen-bond donors (Lipinski definition) is 0. The van der Waals surface area contributed by atoms with Crippen LogP contribution in [0.4, 0.5) is 4.79 Å². The standard InChI is InChI=1S/C30H30N2O4/c1-28-21-32(27(35)36-20-23-15-9-5-10-16-23)30(3,24-17-11-6-12-18-24)29(28,2)26(34)31(25(28)33)19-22-13-7-4-8-14-22/h4-18H,19-21H2,1-3H3/t28-,29+,30+/m0/s1. The van der Waals surface area contributed by atoms with Crippen molar-refractivity contribution in [3.05, 3.63) is 108 Å². The highest BCUT2D eigenvalue weighted by atomic mass is 16.6. The van der Waals surface area contributed by atoms with E-state index in [-0.39, 0.29) is 31.5 Å². The van der Waals surface area contributed by atoms with E-state index in [4.69, 9.17) is 4.74 Å². The summed E-state index contributed by atoms with van der Waals surface area (Å²) >= 11 is 0. The molecule has 2 fully saturated rings. The number of carbonyl (C=O) groups is 3. The summed E-state index contributed by atoms with van der Waals surface area (Å²) in [6, 6.07) is 28.4. The third-order valence-corrected chi connectivity index (χ3v) is 8.43. The highest BCUT2D eigenvalue weighted by Gasteiger charge is 2.78. The van der Waals surface area contributed by atoms with Gasteiger partial charge in [0.05, 0.1) is 22.9 Å². The number of fused-ring (bicyclic) bond motifs is 1. The fraction of sp³-hybridized carbons (Fsp3) is 0.300. The number of benzene rings is 3. The normalized spacial score (nSPS) is 27.3. The number of likely N-dealkylation sites (tertiary alicyclic amines) is 2. The van der Waals surface area contributed by atoms with Crippen molar-refractivity contribution in [2.45, 2.75) is 39.5 Å². The lowest BCUT2D eigenvalue weighted by molar-refractivity contribution is -0.145. The molecule has 0 saturated carbocycles. The second-order valence-corrected chi connectivity index (χ2v) is 10.2. The lowest BCUT2D eigenvalue weighted by atomic mass is 9.59. The SMILES string of the molecule is C[C@@]12C(=O)N(Cc3ccccc3)C(=O)[C@]1(C)CN(C(=O)OCc1ccccc1)[C@]2(C)c1ccccc1. The quantitative estimate of drug-likeness (QED) is 0.473. The van der Waals surface area contributed by atoms with Crippen molar-refractivity contribution < 1.29 is 19.1 Å². The van der Waals surface area contributed by atoms with Gasteiger partial charge in [0, 0.05) is 6.54 Å². The molecule has 0 aromatic heterocycles. The van der Waals surface area contributed by atoms with E-state index in [9.17, 15) is 14.4 Å². The average Bonchev–Trinajstić information content (AvgIpc) is 3.19. The largest absolute Gasteiger partial charge is 0.445 e. The summed E-state index contributed by atoms with van der Waals surface area (Å²) in [6.07, 6.45) is -0.544. The van der Waals surface area contributed by atoms with E-state index < -0.39 is 22.5 Å². The highest BCUT2D eigenvalue weighted by molar-refractivity contribution is 6.11. The van der Waals surface area contributed by atoms with Crippen LogP contribution in [0.2, 0.25) is 0 Å². The van der Waals surface area contributed by atoms with Crippen molar-refractivity contribution in [2.24, 2.45) is 10.8 Å². The maximum absolute atomic E-state index is 14.2. The molecule has 0 unspecified atom stereocenters. The van der Waals surface area contributed by atoms with Crippen LogP contribution >= 0.6 is 0 Å². The summed E-state index contributed by atoms with van der Waals surface area (Å²) in [5.41, 5.74) is -0.879. The molecule has 0 bridgehead atoms. The Morgan fingerprint density at radius 1 is 0.778 bits per heavy atom. The minimum absolute atomic E-state index is 0.0817. The third kappa shape index (κ3) is 3.28. The van der Waals surface area contributed by atoms with Crippen molar-refractivity contribution in [1.82, 2.24) is 9.80 Å². The zero-order valence-corrected chi connectivity index (χ0v) is 20.8. The predicted molar refractivity (Wildman–Crippen MR) is 135 cm³/mol. The Morgan fingerprint density at radius 3 is 1.89 bits per heavy atom. The van der Waals surface area contributed by atoms with Crippen LogP contribution < -0.4 is 0 Å². The number of nitrogens with zero attached hydrogens (tertiary/aromatic N) is 2. The van der Waals surface area contributed by atoms with Crippen molar-refractivity contribution >= 4 is 17.9 Å². The molecule has 6 nitrogen and oxygen atoms in total. The smallest absolute Gasteiger partial charge is 0.410 e. The van der Waals surface area contributed by atoms with Crippen LogP contribution in [0.15, 0.2) is 91.0 Å². The van der Waals surface area contributed by atoms with Gasteiger partial charge in [-0.15, -0.1) is 0 Å². The van der Waals surface area contributed by atoms with E-state index in [1.165, 1.54) is 4.90 Å². The summed E-state index contributed by atoms with van der Waals surface area (Å²) < 4.78 is 5.73. The minimum Gasteiger partial charge on any atom is -0.445 e. The van der Waals surface area contributed by atoms with Crippen LogP contribution in [-0.4, -0.2) is 34.3 Å². The summed E-state index contributed by atoms with van der Waals surface area (Å²) in [4.78, 5) is 44.6. The summed E-state index contributed by atoms with van der Waals surface area (Å²) in [5, 5.41) is 0. The number of ether oxygens (including phenoxy) is 1. The van der Waals surface area contributed by atoms with Gasteiger partial charge in [-0.25, -0.2) is 4.79 Å². The van der Waals surface area contributed by atoms with Gasteiger partial charge in [0.1, 0.15) is 6.61 Å². The molecule has 5 rings (SSSR count). The second kappa shape index (κ2) is 8.63. The van der Waals surface area contributed by atoms with E-state index in [2.05, 4.69) is 0 Å². The molecule has 36 heavy (non-hydrogen) atoms. The molecule has 184 valence electrons. The van der Waals surface area contributed by atoms with E-state index in [1.807, 2.05) is 112 Å². The average molecular weight is 483 g/mol. The molecular formula is C30H30N2O4. The van der Waals surface area contributed by atoms with Gasteiger partial charge >= 0.3 is 6.09 Å². The van der Waals surface area contributed by atoms with Gasteiger partial charge < -0.3 is 4.74 Å². The van der Waals surface area contributed by atoms with Crippen LogP contribution in [0.1, 0.15) is 37.5 Å². The Hall–Kier alpha value is -3.93.